The number of oxime groups is 1. The first-order valence-corrected chi connectivity index (χ1v) is 6.57. The van der Waals surface area contributed by atoms with E-state index in [0.29, 0.717) is 30.8 Å². The Hall–Kier alpha value is -2.11. The molecule has 108 valence electrons. The van der Waals surface area contributed by atoms with Crippen LogP contribution in [0.3, 0.4) is 0 Å². The van der Waals surface area contributed by atoms with Crippen LogP contribution < -0.4 is 5.32 Å². The number of carbonyl (C=O) groups is 1. The van der Waals surface area contributed by atoms with Crippen LogP contribution in [0.4, 0.5) is 9.18 Å². The summed E-state index contributed by atoms with van der Waals surface area (Å²) in [6.45, 7) is 2.89. The SMILES string of the molecule is CCNC(=O)N(C)C[C@H]1CC(c2cccc(F)c2)=NO1. The van der Waals surface area contributed by atoms with Gasteiger partial charge in [0.2, 0.25) is 0 Å². The Kier molecular flexibility index (Phi) is 4.55. The monoisotopic (exact) mass is 279 g/mol. The van der Waals surface area contributed by atoms with Gasteiger partial charge in [0, 0.05) is 25.6 Å². The second-order valence-electron chi connectivity index (χ2n) is 4.70. The minimum atomic E-state index is -0.298. The summed E-state index contributed by atoms with van der Waals surface area (Å²) in [6.07, 6.45) is 0.369. The number of amides is 2. The van der Waals surface area contributed by atoms with Gasteiger partial charge >= 0.3 is 6.03 Å². The number of nitrogens with zero attached hydrogens (tertiary/aromatic N) is 2. The molecule has 1 N–H and O–H groups in total. The van der Waals surface area contributed by atoms with E-state index in [1.54, 1.807) is 24.1 Å². The lowest BCUT2D eigenvalue weighted by atomic mass is 10.0. The van der Waals surface area contributed by atoms with Crippen LogP contribution in [0.5, 0.6) is 0 Å². The molecule has 1 aromatic rings. The van der Waals surface area contributed by atoms with Crippen molar-refractivity contribution in [2.24, 2.45) is 5.16 Å². The fraction of sp³-hybridized carbons (Fsp3) is 0.429. The highest BCUT2D eigenvalue weighted by molar-refractivity contribution is 6.01. The quantitative estimate of drug-likeness (QED) is 0.916. The molecule has 1 heterocycles. The van der Waals surface area contributed by atoms with E-state index in [1.165, 1.54) is 12.1 Å². The summed E-state index contributed by atoms with van der Waals surface area (Å²) >= 11 is 0. The van der Waals surface area contributed by atoms with E-state index in [2.05, 4.69) is 10.5 Å². The summed E-state index contributed by atoms with van der Waals surface area (Å²) in [5.41, 5.74) is 1.42. The summed E-state index contributed by atoms with van der Waals surface area (Å²) in [5.74, 6) is -0.298. The highest BCUT2D eigenvalue weighted by atomic mass is 19.1. The van der Waals surface area contributed by atoms with Crippen molar-refractivity contribution in [3.05, 3.63) is 35.6 Å². The Morgan fingerprint density at radius 2 is 2.40 bits per heavy atom. The van der Waals surface area contributed by atoms with Gasteiger partial charge < -0.3 is 15.1 Å². The topological polar surface area (TPSA) is 53.9 Å². The maximum absolute atomic E-state index is 13.2. The van der Waals surface area contributed by atoms with Crippen LogP contribution in [-0.4, -0.2) is 42.9 Å². The van der Waals surface area contributed by atoms with Crippen LogP contribution in [0.1, 0.15) is 18.9 Å². The maximum atomic E-state index is 13.2. The number of urea groups is 1. The highest BCUT2D eigenvalue weighted by Crippen LogP contribution is 2.18. The number of rotatable bonds is 4. The number of hydrogen-bond acceptors (Lipinski definition) is 3. The number of nitrogens with one attached hydrogen (secondary N) is 1. The van der Waals surface area contributed by atoms with E-state index in [9.17, 15) is 9.18 Å². The first-order valence-electron chi connectivity index (χ1n) is 6.57. The minimum Gasteiger partial charge on any atom is -0.390 e. The van der Waals surface area contributed by atoms with Crippen LogP contribution in [0, 0.1) is 5.82 Å². The van der Waals surface area contributed by atoms with Crippen LogP contribution in [-0.2, 0) is 4.84 Å². The van der Waals surface area contributed by atoms with Gasteiger partial charge in [-0.05, 0) is 19.1 Å². The van der Waals surface area contributed by atoms with Gasteiger partial charge in [-0.25, -0.2) is 9.18 Å². The Labute approximate surface area is 117 Å². The van der Waals surface area contributed by atoms with Crippen LogP contribution >= 0.6 is 0 Å². The van der Waals surface area contributed by atoms with E-state index in [4.69, 9.17) is 4.84 Å². The molecule has 0 radical (unpaired) electrons. The summed E-state index contributed by atoms with van der Waals surface area (Å²) in [5, 5.41) is 6.69. The fourth-order valence-corrected chi connectivity index (χ4v) is 2.04. The summed E-state index contributed by atoms with van der Waals surface area (Å²) in [6, 6.07) is 6.11. The lowest BCUT2D eigenvalue weighted by Gasteiger charge is -2.19. The molecular weight excluding hydrogens is 261 g/mol. The van der Waals surface area contributed by atoms with E-state index in [1.807, 2.05) is 6.92 Å². The van der Waals surface area contributed by atoms with Crippen molar-refractivity contribution >= 4 is 11.7 Å². The van der Waals surface area contributed by atoms with Gasteiger partial charge in [0.1, 0.15) is 5.82 Å². The molecular formula is C14H18FN3O2. The van der Waals surface area contributed by atoms with Gasteiger partial charge in [-0.1, -0.05) is 17.3 Å². The van der Waals surface area contributed by atoms with Crippen molar-refractivity contribution in [1.82, 2.24) is 10.2 Å². The number of carbonyl (C=O) groups excluding carboxylic acids is 1. The standard InChI is InChI=1S/C14H18FN3O2/c1-3-16-14(19)18(2)9-12-8-13(17-20-12)10-5-4-6-11(15)7-10/h4-7,12H,3,8-9H2,1-2H3,(H,16,19)/t12-/m1/s1. The molecule has 5 nitrogen and oxygen atoms in total. The molecule has 0 fully saturated rings. The van der Waals surface area contributed by atoms with Crippen LogP contribution in [0.25, 0.3) is 0 Å². The molecule has 0 spiro atoms. The molecule has 0 saturated carbocycles. The molecule has 0 aromatic heterocycles. The summed E-state index contributed by atoms with van der Waals surface area (Å²) < 4.78 is 13.2. The van der Waals surface area contributed by atoms with Crippen molar-refractivity contribution in [3.63, 3.8) is 0 Å². The van der Waals surface area contributed by atoms with Gasteiger partial charge in [0.15, 0.2) is 6.10 Å². The normalized spacial score (nSPS) is 17.4. The van der Waals surface area contributed by atoms with E-state index in [-0.39, 0.29) is 18.0 Å². The molecule has 1 aromatic carbocycles. The average Bonchev–Trinajstić information content (AvgIpc) is 2.87. The first-order chi connectivity index (χ1) is 9.60. The number of benzene rings is 1. The van der Waals surface area contributed by atoms with Gasteiger partial charge in [-0.3, -0.25) is 0 Å². The van der Waals surface area contributed by atoms with Gasteiger partial charge in [-0.2, -0.15) is 0 Å². The molecule has 2 rings (SSSR count). The molecule has 2 amide bonds. The highest BCUT2D eigenvalue weighted by Gasteiger charge is 2.25. The van der Waals surface area contributed by atoms with Crippen molar-refractivity contribution < 1.29 is 14.0 Å². The molecule has 0 aliphatic carbocycles. The molecule has 0 unspecified atom stereocenters. The molecule has 6 heteroatoms. The average molecular weight is 279 g/mol. The molecule has 1 atom stereocenters. The zero-order valence-electron chi connectivity index (χ0n) is 11.6. The first kappa shape index (κ1) is 14.3. The fourth-order valence-electron chi connectivity index (χ4n) is 2.04. The van der Waals surface area contributed by atoms with E-state index >= 15 is 0 Å². The van der Waals surface area contributed by atoms with Crippen molar-refractivity contribution in [2.45, 2.75) is 19.4 Å². The van der Waals surface area contributed by atoms with Crippen LogP contribution in [0.15, 0.2) is 29.4 Å². The van der Waals surface area contributed by atoms with Crippen molar-refractivity contribution in [3.8, 4) is 0 Å². The van der Waals surface area contributed by atoms with Crippen molar-refractivity contribution in [2.75, 3.05) is 20.1 Å². The minimum absolute atomic E-state index is 0.143. The third-order valence-corrected chi connectivity index (χ3v) is 3.04. The van der Waals surface area contributed by atoms with Gasteiger partial charge in [0.25, 0.3) is 0 Å². The number of likely N-dealkylation sites (N-methyl/N-ethyl adjacent to an activating group) is 1. The lowest BCUT2D eigenvalue weighted by Crippen LogP contribution is -2.41. The predicted octanol–water partition coefficient (Wildman–Crippen LogP) is 1.98. The second-order valence-corrected chi connectivity index (χ2v) is 4.70. The Bertz CT molecular complexity index is 519. The number of hydrogen-bond donors (Lipinski definition) is 1. The number of halogens is 1. The lowest BCUT2D eigenvalue weighted by molar-refractivity contribution is 0.0657. The summed E-state index contributed by atoms with van der Waals surface area (Å²) in [7, 11) is 1.70. The largest absolute Gasteiger partial charge is 0.390 e. The molecule has 0 bridgehead atoms. The maximum Gasteiger partial charge on any atom is 0.317 e. The zero-order valence-corrected chi connectivity index (χ0v) is 11.6. The van der Waals surface area contributed by atoms with Gasteiger partial charge in [0.05, 0.1) is 12.3 Å². The smallest absolute Gasteiger partial charge is 0.317 e. The Morgan fingerprint density at radius 1 is 1.60 bits per heavy atom. The molecule has 1 aliphatic rings. The zero-order chi connectivity index (χ0) is 14.5. The second kappa shape index (κ2) is 6.36. The molecule has 20 heavy (non-hydrogen) atoms. The third-order valence-electron chi connectivity index (χ3n) is 3.04. The van der Waals surface area contributed by atoms with Crippen molar-refractivity contribution in [1.29, 1.82) is 0 Å². The predicted molar refractivity (Wildman–Crippen MR) is 74.1 cm³/mol. The van der Waals surface area contributed by atoms with E-state index < -0.39 is 0 Å². The summed E-state index contributed by atoms with van der Waals surface area (Å²) in [4.78, 5) is 18.5. The Balaban J connectivity index is 1.90. The molecule has 0 saturated heterocycles. The Morgan fingerprint density at radius 3 is 3.10 bits per heavy atom. The third kappa shape index (κ3) is 3.46. The van der Waals surface area contributed by atoms with Crippen LogP contribution in [0.2, 0.25) is 0 Å². The van der Waals surface area contributed by atoms with Gasteiger partial charge in [-0.15, -0.1) is 0 Å². The molecule has 1 aliphatic heterocycles. The van der Waals surface area contributed by atoms with E-state index in [0.717, 1.165) is 0 Å².